The average Bonchev–Trinajstić information content (AvgIpc) is 2.38. The van der Waals surface area contributed by atoms with Crippen LogP contribution in [0.15, 0.2) is 36.5 Å². The van der Waals surface area contributed by atoms with Gasteiger partial charge in [-0.15, -0.1) is 5.10 Å². The fraction of sp³-hybridized carbons (Fsp3) is 0. The van der Waals surface area contributed by atoms with Crippen molar-refractivity contribution in [2.75, 3.05) is 10.9 Å². The monoisotopic (exact) mass is 216 g/mol. The third-order valence-corrected chi connectivity index (χ3v) is 2.20. The van der Waals surface area contributed by atoms with Crippen LogP contribution in [0.5, 0.6) is 0 Å². The summed E-state index contributed by atoms with van der Waals surface area (Å²) in [6.45, 7) is 0. The fourth-order valence-electron chi connectivity index (χ4n) is 1.44. The molecule has 0 aliphatic heterocycles. The van der Waals surface area contributed by atoms with Crippen LogP contribution >= 0.6 is 0 Å². The summed E-state index contributed by atoms with van der Waals surface area (Å²) in [6, 6.07) is 9.60. The third kappa shape index (κ3) is 1.79. The maximum absolute atomic E-state index is 5.45. The highest BCUT2D eigenvalue weighted by atomic mass is 15.3. The minimum absolute atomic E-state index is 0.594. The van der Waals surface area contributed by atoms with Gasteiger partial charge in [-0.3, -0.25) is 11.7 Å². The molecule has 0 unspecified atom stereocenters. The number of aromatic nitrogens is 2. The van der Waals surface area contributed by atoms with E-state index >= 15 is 0 Å². The molecule has 0 bridgehead atoms. The molecule has 1 aromatic carbocycles. The van der Waals surface area contributed by atoms with E-state index in [0.717, 1.165) is 5.56 Å². The summed E-state index contributed by atoms with van der Waals surface area (Å²) in [5.74, 6) is 10.8. The molecular weight excluding hydrogens is 204 g/mol. The zero-order valence-electron chi connectivity index (χ0n) is 8.51. The number of anilines is 2. The van der Waals surface area contributed by atoms with Gasteiger partial charge in [0.15, 0.2) is 0 Å². The minimum atomic E-state index is 0.594. The number of benzene rings is 1. The van der Waals surface area contributed by atoms with E-state index in [2.05, 4.69) is 21.0 Å². The van der Waals surface area contributed by atoms with Gasteiger partial charge in [-0.05, 0) is 0 Å². The van der Waals surface area contributed by atoms with Crippen molar-refractivity contribution in [1.82, 2.24) is 10.2 Å². The van der Waals surface area contributed by atoms with Gasteiger partial charge < -0.3 is 10.9 Å². The molecule has 0 fully saturated rings. The lowest BCUT2D eigenvalue weighted by molar-refractivity contribution is 1.03. The lowest BCUT2D eigenvalue weighted by Gasteiger charge is -2.11. The van der Waals surface area contributed by atoms with Gasteiger partial charge in [0.25, 0.3) is 0 Å². The van der Waals surface area contributed by atoms with Gasteiger partial charge in [-0.1, -0.05) is 30.3 Å². The SMILES string of the molecule is NNc1cnnc(-c2ccccc2)c1NN. The average molecular weight is 216 g/mol. The first-order valence-electron chi connectivity index (χ1n) is 4.71. The van der Waals surface area contributed by atoms with Crippen molar-refractivity contribution in [3.63, 3.8) is 0 Å². The predicted octanol–water partition coefficient (Wildman–Crippen LogP) is 0.715. The van der Waals surface area contributed by atoms with Gasteiger partial charge in [0.1, 0.15) is 11.4 Å². The van der Waals surface area contributed by atoms with E-state index in [4.69, 9.17) is 11.7 Å². The molecule has 0 aliphatic rings. The lowest BCUT2D eigenvalue weighted by atomic mass is 10.1. The largest absolute Gasteiger partial charge is 0.321 e. The summed E-state index contributed by atoms with van der Waals surface area (Å²) < 4.78 is 0. The van der Waals surface area contributed by atoms with E-state index in [1.54, 1.807) is 0 Å². The number of hydrazine groups is 2. The molecule has 1 heterocycles. The minimum Gasteiger partial charge on any atom is -0.321 e. The van der Waals surface area contributed by atoms with Gasteiger partial charge >= 0.3 is 0 Å². The Bertz CT molecular complexity index is 470. The molecule has 1 aromatic heterocycles. The van der Waals surface area contributed by atoms with E-state index in [1.807, 2.05) is 30.3 Å². The molecule has 6 N–H and O–H groups in total. The van der Waals surface area contributed by atoms with Crippen molar-refractivity contribution in [1.29, 1.82) is 0 Å². The van der Waals surface area contributed by atoms with Crippen LogP contribution < -0.4 is 22.5 Å². The normalized spacial score (nSPS) is 9.88. The van der Waals surface area contributed by atoms with E-state index in [0.29, 0.717) is 17.1 Å². The molecule has 0 aliphatic carbocycles. The Kier molecular flexibility index (Phi) is 2.95. The van der Waals surface area contributed by atoms with Crippen molar-refractivity contribution < 1.29 is 0 Å². The second kappa shape index (κ2) is 4.56. The van der Waals surface area contributed by atoms with Crippen LogP contribution in [0.3, 0.4) is 0 Å². The highest BCUT2D eigenvalue weighted by molar-refractivity contribution is 5.82. The fourth-order valence-corrected chi connectivity index (χ4v) is 1.44. The second-order valence-electron chi connectivity index (χ2n) is 3.14. The molecule has 0 radical (unpaired) electrons. The summed E-state index contributed by atoms with van der Waals surface area (Å²) in [7, 11) is 0. The topological polar surface area (TPSA) is 102 Å². The van der Waals surface area contributed by atoms with Gasteiger partial charge in [-0.2, -0.15) is 5.10 Å². The first-order valence-corrected chi connectivity index (χ1v) is 4.71. The number of rotatable bonds is 3. The van der Waals surface area contributed by atoms with Crippen LogP contribution in [-0.2, 0) is 0 Å². The Labute approximate surface area is 92.6 Å². The van der Waals surface area contributed by atoms with E-state index in [9.17, 15) is 0 Å². The summed E-state index contributed by atoms with van der Waals surface area (Å²) >= 11 is 0. The van der Waals surface area contributed by atoms with Crippen molar-refractivity contribution in [2.24, 2.45) is 11.7 Å². The number of nitrogens with one attached hydrogen (secondary N) is 2. The predicted molar refractivity (Wildman–Crippen MR) is 63.1 cm³/mol. The first-order chi connectivity index (χ1) is 7.86. The number of hydrogen-bond acceptors (Lipinski definition) is 6. The number of nitrogens with zero attached hydrogens (tertiary/aromatic N) is 2. The molecule has 0 spiro atoms. The molecule has 2 aromatic rings. The van der Waals surface area contributed by atoms with Gasteiger partial charge in [0.2, 0.25) is 0 Å². The molecule has 16 heavy (non-hydrogen) atoms. The number of nitrogen functional groups attached to an aromatic ring is 2. The van der Waals surface area contributed by atoms with Gasteiger partial charge in [0.05, 0.1) is 11.9 Å². The zero-order chi connectivity index (χ0) is 11.4. The van der Waals surface area contributed by atoms with E-state index in [1.165, 1.54) is 6.20 Å². The second-order valence-corrected chi connectivity index (χ2v) is 3.14. The maximum atomic E-state index is 5.45. The lowest BCUT2D eigenvalue weighted by Crippen LogP contribution is -2.15. The Morgan fingerprint density at radius 3 is 2.38 bits per heavy atom. The molecular formula is C10H12N6. The molecule has 82 valence electrons. The Balaban J connectivity index is 2.57. The van der Waals surface area contributed by atoms with Gasteiger partial charge in [0, 0.05) is 5.56 Å². The zero-order valence-corrected chi connectivity index (χ0v) is 8.51. The molecule has 0 saturated carbocycles. The van der Waals surface area contributed by atoms with Crippen molar-refractivity contribution >= 4 is 11.4 Å². The Morgan fingerprint density at radius 2 is 1.75 bits per heavy atom. The van der Waals surface area contributed by atoms with Crippen LogP contribution in [0.1, 0.15) is 0 Å². The van der Waals surface area contributed by atoms with Crippen molar-refractivity contribution in [2.45, 2.75) is 0 Å². The molecule has 0 amide bonds. The van der Waals surface area contributed by atoms with Crippen LogP contribution in [-0.4, -0.2) is 10.2 Å². The molecule has 6 heteroatoms. The standard InChI is InChI=1S/C10H12N6/c11-14-8-6-13-16-9(10(8)15-12)7-4-2-1-3-5-7/h1-6H,11-12H2,(H,13,15)(H,14,16). The van der Waals surface area contributed by atoms with Crippen LogP contribution in [0.2, 0.25) is 0 Å². The van der Waals surface area contributed by atoms with Crippen molar-refractivity contribution in [3.05, 3.63) is 36.5 Å². The quantitative estimate of drug-likeness (QED) is 0.445. The van der Waals surface area contributed by atoms with E-state index in [-0.39, 0.29) is 0 Å². The molecule has 2 rings (SSSR count). The molecule has 0 atom stereocenters. The molecule has 0 saturated heterocycles. The summed E-state index contributed by atoms with van der Waals surface area (Å²) in [4.78, 5) is 0. The van der Waals surface area contributed by atoms with Crippen LogP contribution in [0, 0.1) is 0 Å². The summed E-state index contributed by atoms with van der Waals surface area (Å²) in [5.41, 5.74) is 7.86. The number of nitrogens with two attached hydrogens (primary N) is 2. The summed E-state index contributed by atoms with van der Waals surface area (Å²) in [6.07, 6.45) is 1.50. The third-order valence-electron chi connectivity index (χ3n) is 2.20. The van der Waals surface area contributed by atoms with E-state index < -0.39 is 0 Å². The first kappa shape index (κ1) is 10.3. The van der Waals surface area contributed by atoms with Crippen molar-refractivity contribution in [3.8, 4) is 11.3 Å². The molecule has 6 nitrogen and oxygen atoms in total. The smallest absolute Gasteiger partial charge is 0.120 e. The van der Waals surface area contributed by atoms with Gasteiger partial charge in [-0.25, -0.2) is 0 Å². The number of hydrogen-bond donors (Lipinski definition) is 4. The Hall–Kier alpha value is -2.18. The van der Waals surface area contributed by atoms with Crippen LogP contribution in [0.25, 0.3) is 11.3 Å². The maximum Gasteiger partial charge on any atom is 0.120 e. The highest BCUT2D eigenvalue weighted by Crippen LogP contribution is 2.29. The summed E-state index contributed by atoms with van der Waals surface area (Å²) in [5, 5.41) is 7.89. The Morgan fingerprint density at radius 1 is 1.00 bits per heavy atom. The highest BCUT2D eigenvalue weighted by Gasteiger charge is 2.10. The van der Waals surface area contributed by atoms with Crippen LogP contribution in [0.4, 0.5) is 11.4 Å².